The van der Waals surface area contributed by atoms with Crippen molar-refractivity contribution >= 4 is 11.6 Å². The number of nitrogens with zero attached hydrogens (tertiary/aromatic N) is 3. The average Bonchev–Trinajstić information content (AvgIpc) is 2.46. The Labute approximate surface area is 110 Å². The first kappa shape index (κ1) is 13.0. The summed E-state index contributed by atoms with van der Waals surface area (Å²) >= 11 is 0. The van der Waals surface area contributed by atoms with Crippen LogP contribution in [0.25, 0.3) is 0 Å². The molecule has 0 aromatic carbocycles. The Morgan fingerprint density at radius 2 is 1.58 bits per heavy atom. The lowest BCUT2D eigenvalue weighted by Crippen LogP contribution is -2.10. The summed E-state index contributed by atoms with van der Waals surface area (Å²) in [7, 11) is 0. The first-order valence-electron chi connectivity index (χ1n) is 5.93. The van der Waals surface area contributed by atoms with Gasteiger partial charge in [0.25, 0.3) is 0 Å². The minimum Gasteiger partial charge on any atom is -0.292 e. The molecule has 0 amide bonds. The monoisotopic (exact) mass is 255 g/mol. The summed E-state index contributed by atoms with van der Waals surface area (Å²) in [6.45, 7) is 1.82. The second-order valence-corrected chi connectivity index (χ2v) is 4.09. The van der Waals surface area contributed by atoms with Crippen LogP contribution in [0.3, 0.4) is 0 Å². The minimum absolute atomic E-state index is 0.0961. The number of hydrogen-bond acceptors (Lipinski definition) is 5. The van der Waals surface area contributed by atoms with Gasteiger partial charge in [0.05, 0.1) is 0 Å². The lowest BCUT2D eigenvalue weighted by atomic mass is 10.1. The van der Waals surface area contributed by atoms with Crippen LogP contribution in [-0.4, -0.2) is 26.5 Å². The number of rotatable bonds is 5. The number of carbonyl (C=O) groups is 2. The van der Waals surface area contributed by atoms with Crippen molar-refractivity contribution in [3.63, 3.8) is 0 Å². The van der Waals surface area contributed by atoms with Gasteiger partial charge in [-0.3, -0.25) is 14.6 Å². The molecule has 0 aliphatic rings. The van der Waals surface area contributed by atoms with Gasteiger partial charge in [0.1, 0.15) is 5.69 Å². The molecule has 5 heteroatoms. The molecule has 2 heterocycles. The van der Waals surface area contributed by atoms with Crippen LogP contribution in [0.4, 0.5) is 0 Å². The van der Waals surface area contributed by atoms with Crippen LogP contribution in [0, 0.1) is 6.92 Å². The van der Waals surface area contributed by atoms with Gasteiger partial charge in [-0.2, -0.15) is 0 Å². The normalized spacial score (nSPS) is 10.2. The number of aryl methyl sites for hydroxylation is 1. The molecule has 0 saturated carbocycles. The summed E-state index contributed by atoms with van der Waals surface area (Å²) in [4.78, 5) is 35.5. The van der Waals surface area contributed by atoms with Crippen LogP contribution >= 0.6 is 0 Å². The van der Waals surface area contributed by atoms with Gasteiger partial charge >= 0.3 is 0 Å². The number of aromatic nitrogens is 3. The fourth-order valence-corrected chi connectivity index (χ4v) is 1.68. The van der Waals surface area contributed by atoms with Crippen LogP contribution in [0.2, 0.25) is 0 Å². The van der Waals surface area contributed by atoms with Crippen molar-refractivity contribution in [2.24, 2.45) is 0 Å². The van der Waals surface area contributed by atoms with Crippen LogP contribution in [0.1, 0.15) is 39.5 Å². The fraction of sp³-hybridized carbons (Fsp3) is 0.214. The zero-order valence-electron chi connectivity index (χ0n) is 10.5. The van der Waals surface area contributed by atoms with Crippen molar-refractivity contribution in [1.29, 1.82) is 0 Å². The number of ketones is 2. The van der Waals surface area contributed by atoms with Crippen molar-refractivity contribution in [3.8, 4) is 0 Å². The molecule has 0 bridgehead atoms. The lowest BCUT2D eigenvalue weighted by Gasteiger charge is -2.02. The highest BCUT2D eigenvalue weighted by atomic mass is 16.1. The molecule has 0 fully saturated rings. The maximum absolute atomic E-state index is 11.9. The first-order chi connectivity index (χ1) is 9.18. The van der Waals surface area contributed by atoms with Gasteiger partial charge in [-0.15, -0.1) is 0 Å². The fourth-order valence-electron chi connectivity index (χ4n) is 1.68. The molecule has 2 rings (SSSR count). The summed E-state index contributed by atoms with van der Waals surface area (Å²) in [6.07, 6.45) is 4.80. The van der Waals surface area contributed by atoms with E-state index < -0.39 is 0 Å². The Morgan fingerprint density at radius 1 is 0.947 bits per heavy atom. The van der Waals surface area contributed by atoms with E-state index in [0.29, 0.717) is 5.69 Å². The van der Waals surface area contributed by atoms with E-state index in [9.17, 15) is 9.59 Å². The third-order valence-corrected chi connectivity index (χ3v) is 2.67. The first-order valence-corrected chi connectivity index (χ1v) is 5.93. The predicted molar refractivity (Wildman–Crippen MR) is 68.9 cm³/mol. The summed E-state index contributed by atoms with van der Waals surface area (Å²) < 4.78 is 0. The zero-order chi connectivity index (χ0) is 13.7. The van der Waals surface area contributed by atoms with Crippen molar-refractivity contribution in [3.05, 3.63) is 53.9 Å². The number of carbonyl (C=O) groups excluding carboxylic acids is 2. The maximum atomic E-state index is 11.9. The van der Waals surface area contributed by atoms with Gasteiger partial charge < -0.3 is 0 Å². The second-order valence-electron chi connectivity index (χ2n) is 4.09. The lowest BCUT2D eigenvalue weighted by molar-refractivity contribution is 0.0909. The molecule has 96 valence electrons. The van der Waals surface area contributed by atoms with Crippen molar-refractivity contribution in [2.45, 2.75) is 19.8 Å². The summed E-state index contributed by atoms with van der Waals surface area (Å²) in [5.74, 6) is -0.224. The smallest absolute Gasteiger partial charge is 0.200 e. The molecule has 2 aromatic rings. The Kier molecular flexibility index (Phi) is 4.07. The predicted octanol–water partition coefficient (Wildman–Crippen LogP) is 2.03. The molecule has 0 radical (unpaired) electrons. The van der Waals surface area contributed by atoms with Gasteiger partial charge in [0, 0.05) is 31.4 Å². The van der Waals surface area contributed by atoms with E-state index in [2.05, 4.69) is 15.0 Å². The van der Waals surface area contributed by atoms with Crippen molar-refractivity contribution in [1.82, 2.24) is 15.0 Å². The molecule has 5 nitrogen and oxygen atoms in total. The van der Waals surface area contributed by atoms with E-state index >= 15 is 0 Å². The summed E-state index contributed by atoms with van der Waals surface area (Å²) in [6, 6.07) is 5.23. The third-order valence-electron chi connectivity index (χ3n) is 2.67. The number of Topliss-reactive ketones (excluding diaryl/α,β-unsaturated/α-hetero) is 2. The molecule has 0 aliphatic carbocycles. The molecule has 0 aliphatic heterocycles. The molecular formula is C14H13N3O2. The Hall–Kier alpha value is -2.43. The molecule has 0 saturated heterocycles. The van der Waals surface area contributed by atoms with Crippen LogP contribution in [0.15, 0.2) is 36.8 Å². The molecular weight excluding hydrogens is 242 g/mol. The molecule has 19 heavy (non-hydrogen) atoms. The molecule has 0 spiro atoms. The minimum atomic E-state index is -0.234. The Morgan fingerprint density at radius 3 is 2.26 bits per heavy atom. The van der Waals surface area contributed by atoms with E-state index in [1.54, 1.807) is 18.3 Å². The summed E-state index contributed by atoms with van der Waals surface area (Å²) in [5, 5.41) is 0. The van der Waals surface area contributed by atoms with Gasteiger partial charge in [0.15, 0.2) is 17.4 Å². The SMILES string of the molecule is Cc1cccnc1C(=O)CCC(=O)c1ncccn1. The van der Waals surface area contributed by atoms with Gasteiger partial charge in [-0.05, 0) is 24.6 Å². The Balaban J connectivity index is 1.98. The second kappa shape index (κ2) is 5.95. The molecule has 0 N–H and O–H groups in total. The van der Waals surface area contributed by atoms with Crippen molar-refractivity contribution in [2.75, 3.05) is 0 Å². The average molecular weight is 255 g/mol. The van der Waals surface area contributed by atoms with E-state index in [1.807, 2.05) is 13.0 Å². The quantitative estimate of drug-likeness (QED) is 0.764. The highest BCUT2D eigenvalue weighted by Gasteiger charge is 2.14. The maximum Gasteiger partial charge on any atom is 0.200 e. The van der Waals surface area contributed by atoms with Gasteiger partial charge in [-0.25, -0.2) is 9.97 Å². The topological polar surface area (TPSA) is 72.8 Å². The number of hydrogen-bond donors (Lipinski definition) is 0. The zero-order valence-corrected chi connectivity index (χ0v) is 10.5. The van der Waals surface area contributed by atoms with Gasteiger partial charge in [-0.1, -0.05) is 6.07 Å². The van der Waals surface area contributed by atoms with E-state index in [1.165, 1.54) is 12.4 Å². The standard InChI is InChI=1S/C14H13N3O2/c1-10-4-2-7-15-13(10)11(18)5-6-12(19)14-16-8-3-9-17-14/h2-4,7-9H,5-6H2,1H3. The third kappa shape index (κ3) is 3.28. The molecule has 0 unspecified atom stereocenters. The van der Waals surface area contributed by atoms with Crippen LogP contribution in [0.5, 0.6) is 0 Å². The largest absolute Gasteiger partial charge is 0.292 e. The van der Waals surface area contributed by atoms with Crippen LogP contribution in [-0.2, 0) is 0 Å². The highest BCUT2D eigenvalue weighted by Crippen LogP contribution is 2.09. The Bertz CT molecular complexity index is 597. The van der Waals surface area contributed by atoms with E-state index in [0.717, 1.165) is 5.56 Å². The highest BCUT2D eigenvalue weighted by molar-refractivity contribution is 6.00. The number of pyridine rings is 1. The van der Waals surface area contributed by atoms with Crippen molar-refractivity contribution < 1.29 is 9.59 Å². The summed E-state index contributed by atoms with van der Waals surface area (Å²) in [5.41, 5.74) is 1.24. The van der Waals surface area contributed by atoms with E-state index in [4.69, 9.17) is 0 Å². The van der Waals surface area contributed by atoms with Gasteiger partial charge in [0.2, 0.25) is 0 Å². The van der Waals surface area contributed by atoms with E-state index in [-0.39, 0.29) is 30.2 Å². The molecule has 2 aromatic heterocycles. The van der Waals surface area contributed by atoms with Crippen LogP contribution < -0.4 is 0 Å². The molecule has 0 atom stereocenters.